The zero-order valence-electron chi connectivity index (χ0n) is 16.3. The molecule has 0 spiro atoms. The van der Waals surface area contributed by atoms with E-state index in [1.54, 1.807) is 0 Å². The van der Waals surface area contributed by atoms with Gasteiger partial charge in [-0.25, -0.2) is 0 Å². The lowest BCUT2D eigenvalue weighted by molar-refractivity contribution is 0.392. The number of likely N-dealkylation sites (tertiary alicyclic amines) is 1. The molecule has 1 aliphatic rings. The molecule has 2 aromatic rings. The third-order valence-corrected chi connectivity index (χ3v) is 5.01. The summed E-state index contributed by atoms with van der Waals surface area (Å²) in [5.74, 6) is 2.58. The fraction of sp³-hybridized carbons (Fsp3) is 0.632. The molecule has 26 heavy (non-hydrogen) atoms. The number of rotatable bonds is 6. The number of hydrogen-bond donors (Lipinski definition) is 1. The van der Waals surface area contributed by atoms with Gasteiger partial charge in [0.2, 0.25) is 0 Å². The predicted octanol–water partition coefficient (Wildman–Crippen LogP) is 2.10. The molecule has 1 unspecified atom stereocenters. The lowest BCUT2D eigenvalue weighted by atomic mass is 10.0. The summed E-state index contributed by atoms with van der Waals surface area (Å²) in [5, 5.41) is 11.7. The van der Waals surface area contributed by atoms with Crippen molar-refractivity contribution in [3.8, 4) is 0 Å². The van der Waals surface area contributed by atoms with E-state index in [-0.39, 0.29) is 0 Å². The van der Waals surface area contributed by atoms with E-state index in [4.69, 9.17) is 9.52 Å². The Morgan fingerprint density at radius 3 is 2.92 bits per heavy atom. The topological polar surface area (TPSA) is 71.5 Å². The molecule has 1 saturated heterocycles. The highest BCUT2D eigenvalue weighted by Crippen LogP contribution is 2.21. The Balaban J connectivity index is 1.57. The summed E-state index contributed by atoms with van der Waals surface area (Å²) >= 11 is 0. The summed E-state index contributed by atoms with van der Waals surface area (Å²) in [6.07, 6.45) is 7.24. The largest absolute Gasteiger partial charge is 0.361 e. The molecule has 1 fully saturated rings. The van der Waals surface area contributed by atoms with Gasteiger partial charge >= 0.3 is 0 Å². The Bertz CT molecular complexity index is 728. The number of guanidine groups is 1. The molecule has 1 aliphatic heterocycles. The normalized spacial score (nSPS) is 17.9. The molecule has 1 N–H and O–H groups in total. The SMILES string of the molecule is CCNC(=NCCc1c(C)noc1C)N1CCC(Cc2cnn(C)c2)C1. The van der Waals surface area contributed by atoms with Crippen LogP contribution in [0.3, 0.4) is 0 Å². The van der Waals surface area contributed by atoms with Gasteiger partial charge in [-0.1, -0.05) is 5.16 Å². The molecule has 7 nitrogen and oxygen atoms in total. The van der Waals surface area contributed by atoms with Crippen LogP contribution in [0.15, 0.2) is 21.9 Å². The van der Waals surface area contributed by atoms with E-state index >= 15 is 0 Å². The van der Waals surface area contributed by atoms with Gasteiger partial charge in [-0.15, -0.1) is 0 Å². The Hall–Kier alpha value is -2.31. The van der Waals surface area contributed by atoms with E-state index in [1.165, 1.54) is 17.5 Å². The van der Waals surface area contributed by atoms with E-state index in [2.05, 4.69) is 33.6 Å². The molecule has 0 amide bonds. The highest BCUT2D eigenvalue weighted by molar-refractivity contribution is 5.80. The third-order valence-electron chi connectivity index (χ3n) is 5.01. The Morgan fingerprint density at radius 2 is 2.27 bits per heavy atom. The van der Waals surface area contributed by atoms with Gasteiger partial charge in [0.15, 0.2) is 5.96 Å². The lowest BCUT2D eigenvalue weighted by Gasteiger charge is -2.21. The van der Waals surface area contributed by atoms with E-state index < -0.39 is 0 Å². The van der Waals surface area contributed by atoms with Crippen LogP contribution in [0.2, 0.25) is 0 Å². The standard InChI is InChI=1S/C19H30N6O/c1-5-20-19(21-8-6-18-14(2)23-26-15(18)3)25-9-7-16(13-25)10-17-11-22-24(4)12-17/h11-12,16H,5-10,13H2,1-4H3,(H,20,21). The molecule has 2 aromatic heterocycles. The molecule has 3 heterocycles. The van der Waals surface area contributed by atoms with Crippen LogP contribution in [0.5, 0.6) is 0 Å². The van der Waals surface area contributed by atoms with Crippen LogP contribution in [0, 0.1) is 19.8 Å². The fourth-order valence-electron chi connectivity index (χ4n) is 3.66. The zero-order valence-corrected chi connectivity index (χ0v) is 16.3. The first-order chi connectivity index (χ1) is 12.6. The Labute approximate surface area is 155 Å². The maximum absolute atomic E-state index is 5.24. The number of nitrogens with one attached hydrogen (secondary N) is 1. The second kappa shape index (κ2) is 8.38. The van der Waals surface area contributed by atoms with Gasteiger partial charge in [-0.3, -0.25) is 9.67 Å². The van der Waals surface area contributed by atoms with Crippen molar-refractivity contribution in [2.75, 3.05) is 26.2 Å². The zero-order chi connectivity index (χ0) is 18.5. The number of aromatic nitrogens is 3. The van der Waals surface area contributed by atoms with Crippen molar-refractivity contribution in [3.05, 3.63) is 35.0 Å². The van der Waals surface area contributed by atoms with Crippen molar-refractivity contribution in [1.82, 2.24) is 25.2 Å². The molecule has 142 valence electrons. The van der Waals surface area contributed by atoms with Crippen LogP contribution in [-0.4, -0.2) is 52.0 Å². The van der Waals surface area contributed by atoms with E-state index in [1.807, 2.05) is 31.8 Å². The summed E-state index contributed by atoms with van der Waals surface area (Å²) < 4.78 is 7.12. The first-order valence-electron chi connectivity index (χ1n) is 9.49. The minimum absolute atomic E-state index is 0.658. The molecule has 0 radical (unpaired) electrons. The summed E-state index contributed by atoms with van der Waals surface area (Å²) in [7, 11) is 1.97. The maximum Gasteiger partial charge on any atom is 0.193 e. The number of nitrogens with zero attached hydrogens (tertiary/aromatic N) is 5. The van der Waals surface area contributed by atoms with Crippen molar-refractivity contribution in [2.24, 2.45) is 18.0 Å². The number of hydrogen-bond acceptors (Lipinski definition) is 4. The van der Waals surface area contributed by atoms with E-state index in [0.29, 0.717) is 5.92 Å². The second-order valence-electron chi connectivity index (χ2n) is 7.12. The number of aliphatic imine (C=N–C) groups is 1. The van der Waals surface area contributed by atoms with Crippen LogP contribution in [0.1, 0.15) is 35.9 Å². The molecule has 7 heteroatoms. The van der Waals surface area contributed by atoms with E-state index in [0.717, 1.165) is 56.4 Å². The molecular formula is C19H30N6O. The second-order valence-corrected chi connectivity index (χ2v) is 7.12. The maximum atomic E-state index is 5.24. The monoisotopic (exact) mass is 358 g/mol. The smallest absolute Gasteiger partial charge is 0.193 e. The van der Waals surface area contributed by atoms with Crippen molar-refractivity contribution >= 4 is 5.96 Å². The van der Waals surface area contributed by atoms with Crippen LogP contribution < -0.4 is 5.32 Å². The van der Waals surface area contributed by atoms with Crippen LogP contribution in [0.25, 0.3) is 0 Å². The minimum atomic E-state index is 0.658. The van der Waals surface area contributed by atoms with Gasteiger partial charge in [0.05, 0.1) is 11.9 Å². The summed E-state index contributed by atoms with van der Waals surface area (Å²) in [4.78, 5) is 7.23. The van der Waals surface area contributed by atoms with Gasteiger partial charge in [0.25, 0.3) is 0 Å². The van der Waals surface area contributed by atoms with E-state index in [9.17, 15) is 0 Å². The van der Waals surface area contributed by atoms with Gasteiger partial charge < -0.3 is 14.7 Å². The average Bonchev–Trinajstić information content (AvgIpc) is 3.31. The molecular weight excluding hydrogens is 328 g/mol. The van der Waals surface area contributed by atoms with Gasteiger partial charge in [-0.2, -0.15) is 5.10 Å². The molecule has 1 atom stereocenters. The molecule has 3 rings (SSSR count). The lowest BCUT2D eigenvalue weighted by Crippen LogP contribution is -2.40. The average molecular weight is 358 g/mol. The Kier molecular flexibility index (Phi) is 5.96. The first-order valence-corrected chi connectivity index (χ1v) is 9.49. The minimum Gasteiger partial charge on any atom is -0.361 e. The third kappa shape index (κ3) is 4.45. The Morgan fingerprint density at radius 1 is 1.42 bits per heavy atom. The molecule has 0 saturated carbocycles. The fourth-order valence-corrected chi connectivity index (χ4v) is 3.66. The summed E-state index contributed by atoms with van der Waals surface area (Å²) in [5.41, 5.74) is 3.47. The summed E-state index contributed by atoms with van der Waals surface area (Å²) in [6, 6.07) is 0. The van der Waals surface area contributed by atoms with Crippen molar-refractivity contribution in [1.29, 1.82) is 0 Å². The first kappa shape index (κ1) is 18.5. The quantitative estimate of drug-likeness (QED) is 0.632. The van der Waals surface area contributed by atoms with Crippen molar-refractivity contribution in [3.63, 3.8) is 0 Å². The number of aryl methyl sites for hydroxylation is 3. The molecule has 0 bridgehead atoms. The molecule has 0 aliphatic carbocycles. The van der Waals surface area contributed by atoms with Crippen molar-refractivity contribution in [2.45, 2.75) is 40.0 Å². The van der Waals surface area contributed by atoms with Crippen molar-refractivity contribution < 1.29 is 4.52 Å². The van der Waals surface area contributed by atoms with Gasteiger partial charge in [0, 0.05) is 45.0 Å². The van der Waals surface area contributed by atoms with Gasteiger partial charge in [-0.05, 0) is 51.5 Å². The predicted molar refractivity (Wildman–Crippen MR) is 102 cm³/mol. The highest BCUT2D eigenvalue weighted by atomic mass is 16.5. The summed E-state index contributed by atoms with van der Waals surface area (Å²) in [6.45, 7) is 9.81. The van der Waals surface area contributed by atoms with Crippen LogP contribution in [-0.2, 0) is 19.9 Å². The van der Waals surface area contributed by atoms with Crippen LogP contribution in [0.4, 0.5) is 0 Å². The van der Waals surface area contributed by atoms with Gasteiger partial charge in [0.1, 0.15) is 5.76 Å². The van der Waals surface area contributed by atoms with Crippen LogP contribution >= 0.6 is 0 Å². The molecule has 0 aromatic carbocycles. The highest BCUT2D eigenvalue weighted by Gasteiger charge is 2.25.